The van der Waals surface area contributed by atoms with Crippen molar-refractivity contribution in [2.24, 2.45) is 0 Å². The molecule has 1 aromatic heterocycles. The lowest BCUT2D eigenvalue weighted by Gasteiger charge is -2.09. The lowest BCUT2D eigenvalue weighted by molar-refractivity contribution is 1.21. The Morgan fingerprint density at radius 2 is 1.80 bits per heavy atom. The summed E-state index contributed by atoms with van der Waals surface area (Å²) in [5.41, 5.74) is 10.3. The van der Waals surface area contributed by atoms with Gasteiger partial charge in [-0.15, -0.1) is 0 Å². The molecule has 0 aliphatic carbocycles. The number of halogens is 1. The molecule has 3 rings (SSSR count). The number of rotatable bonds is 1. The molecule has 0 fully saturated rings. The Balaban J connectivity index is 2.27. The first-order chi connectivity index (χ1) is 9.54. The molecule has 20 heavy (non-hydrogen) atoms. The van der Waals surface area contributed by atoms with E-state index in [-0.39, 0.29) is 0 Å². The molecule has 0 amide bonds. The van der Waals surface area contributed by atoms with Crippen LogP contribution in [0.1, 0.15) is 11.1 Å². The Kier molecular flexibility index (Phi) is 3.18. The van der Waals surface area contributed by atoms with Gasteiger partial charge in [0, 0.05) is 15.4 Å². The van der Waals surface area contributed by atoms with Gasteiger partial charge in [-0.1, -0.05) is 33.6 Å². The maximum Gasteiger partial charge on any atom is 0.162 e. The first-order valence-electron chi connectivity index (χ1n) is 6.35. The third-order valence-electron chi connectivity index (χ3n) is 3.32. The van der Waals surface area contributed by atoms with E-state index in [1.54, 1.807) is 0 Å². The van der Waals surface area contributed by atoms with E-state index in [1.165, 1.54) is 5.56 Å². The minimum absolute atomic E-state index is 0.507. The highest BCUT2D eigenvalue weighted by atomic mass is 79.9. The van der Waals surface area contributed by atoms with Gasteiger partial charge in [0.1, 0.15) is 5.82 Å². The van der Waals surface area contributed by atoms with Crippen molar-refractivity contribution in [3.8, 4) is 11.4 Å². The highest BCUT2D eigenvalue weighted by molar-refractivity contribution is 9.10. The Labute approximate surface area is 126 Å². The van der Waals surface area contributed by atoms with Crippen LogP contribution < -0.4 is 5.73 Å². The summed E-state index contributed by atoms with van der Waals surface area (Å²) in [7, 11) is 0. The van der Waals surface area contributed by atoms with Crippen molar-refractivity contribution in [1.82, 2.24) is 9.97 Å². The van der Waals surface area contributed by atoms with Crippen LogP contribution in [0.2, 0.25) is 0 Å². The second kappa shape index (κ2) is 4.87. The number of benzene rings is 2. The number of fused-ring (bicyclic) bond motifs is 1. The normalized spacial score (nSPS) is 10.9. The number of aromatic nitrogens is 2. The first kappa shape index (κ1) is 13.1. The molecule has 4 heteroatoms. The van der Waals surface area contributed by atoms with E-state index < -0.39 is 0 Å². The van der Waals surface area contributed by atoms with Crippen molar-refractivity contribution >= 4 is 32.7 Å². The van der Waals surface area contributed by atoms with Crippen molar-refractivity contribution in [3.63, 3.8) is 0 Å². The van der Waals surface area contributed by atoms with Gasteiger partial charge in [-0.05, 0) is 43.7 Å². The lowest BCUT2D eigenvalue weighted by Crippen LogP contribution is -1.99. The van der Waals surface area contributed by atoms with Gasteiger partial charge >= 0.3 is 0 Å². The van der Waals surface area contributed by atoms with Crippen LogP contribution in [0.5, 0.6) is 0 Å². The molecule has 0 bridgehead atoms. The molecule has 2 aromatic carbocycles. The summed E-state index contributed by atoms with van der Waals surface area (Å²) in [5, 5.41) is 0.869. The van der Waals surface area contributed by atoms with Crippen LogP contribution in [-0.4, -0.2) is 9.97 Å². The monoisotopic (exact) mass is 327 g/mol. The summed E-state index contributed by atoms with van der Waals surface area (Å²) in [5.74, 6) is 1.19. The lowest BCUT2D eigenvalue weighted by atomic mass is 10.0. The van der Waals surface area contributed by atoms with Gasteiger partial charge < -0.3 is 5.73 Å². The van der Waals surface area contributed by atoms with Gasteiger partial charge in [0.15, 0.2) is 5.82 Å². The van der Waals surface area contributed by atoms with Crippen LogP contribution >= 0.6 is 15.9 Å². The molecular weight excluding hydrogens is 314 g/mol. The first-order valence-corrected chi connectivity index (χ1v) is 7.14. The fourth-order valence-corrected chi connectivity index (χ4v) is 2.58. The molecule has 3 nitrogen and oxygen atoms in total. The van der Waals surface area contributed by atoms with Gasteiger partial charge in [0.25, 0.3) is 0 Å². The average Bonchev–Trinajstić information content (AvgIpc) is 2.42. The van der Waals surface area contributed by atoms with E-state index >= 15 is 0 Å². The van der Waals surface area contributed by atoms with Gasteiger partial charge in [0.05, 0.1) is 5.52 Å². The molecule has 100 valence electrons. The second-order valence-electron chi connectivity index (χ2n) is 4.91. The second-order valence-corrected chi connectivity index (χ2v) is 5.83. The van der Waals surface area contributed by atoms with E-state index in [1.807, 2.05) is 18.2 Å². The number of hydrogen-bond acceptors (Lipinski definition) is 3. The molecule has 0 aliphatic rings. The summed E-state index contributed by atoms with van der Waals surface area (Å²) >= 11 is 3.44. The van der Waals surface area contributed by atoms with Crippen LogP contribution in [-0.2, 0) is 0 Å². The number of anilines is 1. The number of nitrogens with two attached hydrogens (primary N) is 1. The summed E-state index contributed by atoms with van der Waals surface area (Å²) in [6.07, 6.45) is 0. The Bertz CT molecular complexity index is 812. The van der Waals surface area contributed by atoms with Crippen LogP contribution in [0.4, 0.5) is 5.82 Å². The maximum absolute atomic E-state index is 6.08. The topological polar surface area (TPSA) is 51.8 Å². The molecule has 0 aliphatic heterocycles. The Hall–Kier alpha value is -1.94. The van der Waals surface area contributed by atoms with E-state index in [9.17, 15) is 0 Å². The number of nitrogen functional groups attached to an aromatic ring is 1. The maximum atomic E-state index is 6.08. The summed E-state index contributed by atoms with van der Waals surface area (Å²) in [6, 6.07) is 12.1. The van der Waals surface area contributed by atoms with Crippen LogP contribution in [0.3, 0.4) is 0 Å². The van der Waals surface area contributed by atoms with Gasteiger partial charge in [0.2, 0.25) is 0 Å². The van der Waals surface area contributed by atoms with Crippen molar-refractivity contribution < 1.29 is 0 Å². The molecule has 2 N–H and O–H groups in total. The summed E-state index contributed by atoms with van der Waals surface area (Å²) in [4.78, 5) is 9.10. The molecule has 0 saturated carbocycles. The minimum Gasteiger partial charge on any atom is -0.383 e. The van der Waals surface area contributed by atoms with Crippen LogP contribution in [0.15, 0.2) is 40.9 Å². The zero-order valence-electron chi connectivity index (χ0n) is 11.3. The zero-order chi connectivity index (χ0) is 14.3. The number of hydrogen-bond donors (Lipinski definition) is 1. The SMILES string of the molecule is Cc1ccc(C)c(-c2nc(N)c3cc(Br)ccc3n2)c1. The van der Waals surface area contributed by atoms with Gasteiger partial charge in [-0.3, -0.25) is 0 Å². The molecule has 0 radical (unpaired) electrons. The molecule has 0 unspecified atom stereocenters. The van der Waals surface area contributed by atoms with E-state index in [4.69, 9.17) is 5.73 Å². The predicted octanol–water partition coefficient (Wildman–Crippen LogP) is 4.26. The highest BCUT2D eigenvalue weighted by Crippen LogP contribution is 2.27. The van der Waals surface area contributed by atoms with E-state index in [0.29, 0.717) is 11.6 Å². The fourth-order valence-electron chi connectivity index (χ4n) is 2.22. The molecule has 0 saturated heterocycles. The summed E-state index contributed by atoms with van der Waals surface area (Å²) in [6.45, 7) is 4.12. The standard InChI is InChI=1S/C16H14BrN3/c1-9-3-4-10(2)12(7-9)16-19-14-6-5-11(17)8-13(14)15(18)20-16/h3-8H,1-2H3,(H2,18,19,20). The molecule has 0 atom stereocenters. The quantitative estimate of drug-likeness (QED) is 0.726. The highest BCUT2D eigenvalue weighted by Gasteiger charge is 2.10. The Morgan fingerprint density at radius 3 is 2.60 bits per heavy atom. The number of aryl methyl sites for hydroxylation is 2. The molecular formula is C16H14BrN3. The third-order valence-corrected chi connectivity index (χ3v) is 3.81. The Morgan fingerprint density at radius 1 is 1.00 bits per heavy atom. The molecule has 3 aromatic rings. The number of nitrogens with zero attached hydrogens (tertiary/aromatic N) is 2. The smallest absolute Gasteiger partial charge is 0.162 e. The van der Waals surface area contributed by atoms with Gasteiger partial charge in [-0.2, -0.15) is 0 Å². The van der Waals surface area contributed by atoms with Gasteiger partial charge in [-0.25, -0.2) is 9.97 Å². The third kappa shape index (κ3) is 2.27. The van der Waals surface area contributed by atoms with Crippen molar-refractivity contribution in [1.29, 1.82) is 0 Å². The predicted molar refractivity (Wildman–Crippen MR) is 86.6 cm³/mol. The van der Waals surface area contributed by atoms with Crippen LogP contribution in [0.25, 0.3) is 22.3 Å². The van der Waals surface area contributed by atoms with E-state index in [2.05, 4.69) is 57.9 Å². The van der Waals surface area contributed by atoms with Crippen LogP contribution in [0, 0.1) is 13.8 Å². The fraction of sp³-hybridized carbons (Fsp3) is 0.125. The minimum atomic E-state index is 0.507. The van der Waals surface area contributed by atoms with Crippen molar-refractivity contribution in [2.75, 3.05) is 5.73 Å². The van der Waals surface area contributed by atoms with Crippen molar-refractivity contribution in [3.05, 3.63) is 52.0 Å². The zero-order valence-corrected chi connectivity index (χ0v) is 12.9. The van der Waals surface area contributed by atoms with E-state index in [0.717, 1.165) is 26.5 Å². The largest absolute Gasteiger partial charge is 0.383 e. The molecule has 0 spiro atoms. The van der Waals surface area contributed by atoms with Crippen molar-refractivity contribution in [2.45, 2.75) is 13.8 Å². The summed E-state index contributed by atoms with van der Waals surface area (Å²) < 4.78 is 0.972. The average molecular weight is 328 g/mol. The molecule has 1 heterocycles.